The number of halogens is 1. The van der Waals surface area contributed by atoms with Gasteiger partial charge in [0.25, 0.3) is 0 Å². The molecule has 0 aromatic heterocycles. The van der Waals surface area contributed by atoms with Crippen LogP contribution in [0.5, 0.6) is 5.75 Å². The van der Waals surface area contributed by atoms with Crippen molar-refractivity contribution in [1.82, 2.24) is 0 Å². The molecule has 0 fully saturated rings. The fourth-order valence-electron chi connectivity index (χ4n) is 3.75. The van der Waals surface area contributed by atoms with Gasteiger partial charge in [0, 0.05) is 10.7 Å². The summed E-state index contributed by atoms with van der Waals surface area (Å²) in [5.74, 6) is -1.96. The maximum Gasteiger partial charge on any atom is 0.355 e. The molecule has 34 heavy (non-hydrogen) atoms. The summed E-state index contributed by atoms with van der Waals surface area (Å²) in [6, 6.07) is 15.4. The van der Waals surface area contributed by atoms with E-state index in [-0.39, 0.29) is 35.9 Å². The van der Waals surface area contributed by atoms with Crippen molar-refractivity contribution in [2.75, 3.05) is 25.2 Å². The van der Waals surface area contributed by atoms with Gasteiger partial charge in [-0.3, -0.25) is 4.90 Å². The first-order valence-corrected chi connectivity index (χ1v) is 10.9. The first-order valence-electron chi connectivity index (χ1n) is 10.6. The quantitative estimate of drug-likeness (QED) is 0.589. The Kier molecular flexibility index (Phi) is 7.82. The second-order valence-corrected chi connectivity index (χ2v) is 7.57. The molecule has 1 heterocycles. The lowest BCUT2D eigenvalue weighted by molar-refractivity contribution is -0.142. The first-order chi connectivity index (χ1) is 16.4. The largest absolute Gasteiger partial charge is 0.497 e. The highest BCUT2D eigenvalue weighted by molar-refractivity contribution is 6.30. The molecule has 1 aliphatic rings. The minimum Gasteiger partial charge on any atom is -0.497 e. The summed E-state index contributed by atoms with van der Waals surface area (Å²) in [4.78, 5) is 27.9. The number of benzene rings is 2. The highest BCUT2D eigenvalue weighted by atomic mass is 35.5. The molecule has 0 amide bonds. The number of allylic oxidation sites excluding steroid dienone is 1. The summed E-state index contributed by atoms with van der Waals surface area (Å²) < 4.78 is 15.8. The highest BCUT2D eigenvalue weighted by Gasteiger charge is 2.43. The Morgan fingerprint density at radius 3 is 2.29 bits per heavy atom. The van der Waals surface area contributed by atoms with Gasteiger partial charge in [0.2, 0.25) is 0 Å². The molecule has 3 rings (SSSR count). The number of rotatable bonds is 7. The van der Waals surface area contributed by atoms with E-state index in [9.17, 15) is 14.9 Å². The van der Waals surface area contributed by atoms with Crippen molar-refractivity contribution >= 4 is 29.2 Å². The number of hydrogen-bond acceptors (Lipinski definition) is 8. The molecule has 0 bridgehead atoms. The number of carbonyl (C=O) groups is 2. The molecule has 1 aliphatic heterocycles. The van der Waals surface area contributed by atoms with Crippen LogP contribution in [0.1, 0.15) is 25.3 Å². The number of nitriles is 1. The summed E-state index contributed by atoms with van der Waals surface area (Å²) in [5.41, 5.74) is 7.29. The van der Waals surface area contributed by atoms with E-state index < -0.39 is 17.9 Å². The normalized spacial score (nSPS) is 15.6. The average molecular weight is 482 g/mol. The Labute approximate surface area is 202 Å². The second kappa shape index (κ2) is 10.8. The zero-order valence-electron chi connectivity index (χ0n) is 19.0. The van der Waals surface area contributed by atoms with Crippen LogP contribution < -0.4 is 15.4 Å². The van der Waals surface area contributed by atoms with Crippen LogP contribution in [0, 0.1) is 11.3 Å². The van der Waals surface area contributed by atoms with Crippen molar-refractivity contribution in [2.24, 2.45) is 5.73 Å². The van der Waals surface area contributed by atoms with Gasteiger partial charge in [-0.2, -0.15) is 5.26 Å². The SMILES string of the molecule is CCOC(=O)C1=C(C(=O)OCC)N(c2cccc(Cl)c2)C(N)=C(C#N)C1c1ccc(OC)cc1. The van der Waals surface area contributed by atoms with E-state index in [0.29, 0.717) is 22.0 Å². The van der Waals surface area contributed by atoms with Crippen molar-refractivity contribution in [3.05, 3.63) is 81.8 Å². The van der Waals surface area contributed by atoms with E-state index in [0.717, 1.165) is 0 Å². The third-order valence-electron chi connectivity index (χ3n) is 5.17. The molecular weight excluding hydrogens is 458 g/mol. The summed E-state index contributed by atoms with van der Waals surface area (Å²) in [7, 11) is 1.53. The molecule has 2 aromatic rings. The van der Waals surface area contributed by atoms with E-state index >= 15 is 0 Å². The fourth-order valence-corrected chi connectivity index (χ4v) is 3.93. The number of nitrogens with two attached hydrogens (primary N) is 1. The van der Waals surface area contributed by atoms with Crippen LogP contribution in [0.25, 0.3) is 0 Å². The Hall–Kier alpha value is -3.96. The highest BCUT2D eigenvalue weighted by Crippen LogP contribution is 2.43. The molecule has 2 N–H and O–H groups in total. The zero-order valence-corrected chi connectivity index (χ0v) is 19.8. The lowest BCUT2D eigenvalue weighted by atomic mass is 9.81. The van der Waals surface area contributed by atoms with E-state index in [4.69, 9.17) is 31.5 Å². The van der Waals surface area contributed by atoms with Crippen LogP contribution in [-0.2, 0) is 19.1 Å². The van der Waals surface area contributed by atoms with Crippen molar-refractivity contribution < 1.29 is 23.8 Å². The Bertz CT molecular complexity index is 1200. The van der Waals surface area contributed by atoms with Gasteiger partial charge in [0.1, 0.15) is 17.3 Å². The van der Waals surface area contributed by atoms with Crippen LogP contribution in [0.3, 0.4) is 0 Å². The molecule has 1 unspecified atom stereocenters. The average Bonchev–Trinajstić information content (AvgIpc) is 2.83. The maximum absolute atomic E-state index is 13.3. The zero-order chi connectivity index (χ0) is 24.8. The van der Waals surface area contributed by atoms with E-state index in [1.54, 1.807) is 62.4 Å². The fraction of sp³-hybridized carbons (Fsp3) is 0.240. The molecule has 2 aromatic carbocycles. The first kappa shape index (κ1) is 24.7. The predicted molar refractivity (Wildman–Crippen MR) is 127 cm³/mol. The number of anilines is 1. The Balaban J connectivity index is 2.39. The van der Waals surface area contributed by atoms with Gasteiger partial charge in [-0.05, 0) is 49.7 Å². The van der Waals surface area contributed by atoms with Gasteiger partial charge in [-0.15, -0.1) is 0 Å². The van der Waals surface area contributed by atoms with E-state index in [2.05, 4.69) is 6.07 Å². The van der Waals surface area contributed by atoms with Crippen LogP contribution in [-0.4, -0.2) is 32.3 Å². The van der Waals surface area contributed by atoms with Gasteiger partial charge < -0.3 is 19.9 Å². The number of nitrogens with zero attached hydrogens (tertiary/aromatic N) is 2. The molecule has 1 atom stereocenters. The number of carbonyl (C=O) groups excluding carboxylic acids is 2. The summed E-state index contributed by atoms with van der Waals surface area (Å²) in [6.07, 6.45) is 0. The van der Waals surface area contributed by atoms with Crippen molar-refractivity contribution in [2.45, 2.75) is 19.8 Å². The number of methoxy groups -OCH3 is 1. The molecule has 0 aliphatic carbocycles. The van der Waals surface area contributed by atoms with Crippen LogP contribution in [0.15, 0.2) is 71.2 Å². The van der Waals surface area contributed by atoms with Crippen molar-refractivity contribution in [3.8, 4) is 11.8 Å². The van der Waals surface area contributed by atoms with E-state index in [1.807, 2.05) is 0 Å². The van der Waals surface area contributed by atoms with Gasteiger partial charge in [-0.25, -0.2) is 9.59 Å². The minimum atomic E-state index is -0.968. The van der Waals surface area contributed by atoms with Gasteiger partial charge in [0.15, 0.2) is 0 Å². The predicted octanol–water partition coefficient (Wildman–Crippen LogP) is 4.03. The lowest BCUT2D eigenvalue weighted by Crippen LogP contribution is -2.41. The monoisotopic (exact) mass is 481 g/mol. The third kappa shape index (κ3) is 4.70. The molecule has 9 heteroatoms. The maximum atomic E-state index is 13.3. The summed E-state index contributed by atoms with van der Waals surface area (Å²) >= 11 is 6.19. The topological polar surface area (TPSA) is 115 Å². The van der Waals surface area contributed by atoms with Crippen LogP contribution in [0.2, 0.25) is 5.02 Å². The molecular formula is C25H24ClN3O5. The second-order valence-electron chi connectivity index (χ2n) is 7.14. The van der Waals surface area contributed by atoms with Crippen molar-refractivity contribution in [1.29, 1.82) is 5.26 Å². The molecule has 0 saturated carbocycles. The Morgan fingerprint density at radius 2 is 1.74 bits per heavy atom. The van der Waals surface area contributed by atoms with Gasteiger partial charge in [0.05, 0.1) is 43.5 Å². The molecule has 0 spiro atoms. The van der Waals surface area contributed by atoms with Gasteiger partial charge >= 0.3 is 11.9 Å². The molecule has 0 saturated heterocycles. The number of hydrogen-bond donors (Lipinski definition) is 1. The summed E-state index contributed by atoms with van der Waals surface area (Å²) in [6.45, 7) is 3.42. The minimum absolute atomic E-state index is 0.0262. The van der Waals surface area contributed by atoms with Crippen LogP contribution in [0.4, 0.5) is 5.69 Å². The smallest absolute Gasteiger partial charge is 0.355 e. The third-order valence-corrected chi connectivity index (χ3v) is 5.41. The standard InChI is InChI=1S/C25H24ClN3O5/c1-4-33-24(30)21-20(15-9-11-18(32-3)12-10-15)19(14-27)23(28)29(22(21)25(31)34-5-2)17-8-6-7-16(26)13-17/h6-13,20H,4-5,28H2,1-3H3. The number of esters is 2. The number of ether oxygens (including phenoxy) is 3. The van der Waals surface area contributed by atoms with Crippen LogP contribution >= 0.6 is 11.6 Å². The Morgan fingerprint density at radius 1 is 1.09 bits per heavy atom. The van der Waals surface area contributed by atoms with Crippen molar-refractivity contribution in [3.63, 3.8) is 0 Å². The van der Waals surface area contributed by atoms with E-state index in [1.165, 1.54) is 12.0 Å². The molecule has 0 radical (unpaired) electrons. The summed E-state index contributed by atoms with van der Waals surface area (Å²) in [5, 5.41) is 10.5. The lowest BCUT2D eigenvalue weighted by Gasteiger charge is -2.36. The molecule has 176 valence electrons. The molecule has 8 nitrogen and oxygen atoms in total. The van der Waals surface area contributed by atoms with Gasteiger partial charge in [-0.1, -0.05) is 29.8 Å².